The van der Waals surface area contributed by atoms with Crippen LogP contribution < -0.4 is 11.1 Å². The maximum absolute atomic E-state index is 5.57. The molecule has 0 amide bonds. The number of hydrogen-bond donors (Lipinski definition) is 2. The molecule has 0 aliphatic carbocycles. The molecular weight excluding hydrogens is 204 g/mol. The molecule has 0 aromatic heterocycles. The largest absolute Gasteiger partial charge is 0.393 e. The van der Waals surface area contributed by atoms with E-state index in [1.807, 2.05) is 6.92 Å². The van der Waals surface area contributed by atoms with Crippen molar-refractivity contribution in [3.05, 3.63) is 29.3 Å². The second-order valence-electron chi connectivity index (χ2n) is 3.95. The van der Waals surface area contributed by atoms with Crippen molar-refractivity contribution in [1.29, 1.82) is 0 Å². The van der Waals surface area contributed by atoms with Crippen LogP contribution in [0.2, 0.25) is 0 Å². The van der Waals surface area contributed by atoms with Gasteiger partial charge in [0.2, 0.25) is 0 Å². The lowest BCUT2D eigenvalue weighted by Gasteiger charge is -2.15. The predicted octanol–water partition coefficient (Wildman–Crippen LogP) is 2.64. The molecule has 3 heteroatoms. The van der Waals surface area contributed by atoms with E-state index in [1.165, 1.54) is 16.8 Å². The average Bonchev–Trinajstić information content (AvgIpc) is 2.16. The molecule has 0 saturated carbocycles. The van der Waals surface area contributed by atoms with Crippen molar-refractivity contribution in [2.45, 2.75) is 20.8 Å². The fraction of sp³-hybridized carbons (Fsp3) is 0.417. The fourth-order valence-corrected chi connectivity index (χ4v) is 1.53. The van der Waals surface area contributed by atoms with Crippen LogP contribution in [0.4, 0.5) is 5.69 Å². The van der Waals surface area contributed by atoms with Crippen molar-refractivity contribution in [2.24, 2.45) is 11.7 Å². The Kier molecular flexibility index (Phi) is 4.09. The van der Waals surface area contributed by atoms with Crippen LogP contribution in [0.5, 0.6) is 0 Å². The summed E-state index contributed by atoms with van der Waals surface area (Å²) in [6, 6.07) is 6.26. The van der Waals surface area contributed by atoms with Gasteiger partial charge >= 0.3 is 0 Å². The lowest BCUT2D eigenvalue weighted by atomic mass is 10.1. The predicted molar refractivity (Wildman–Crippen MR) is 70.4 cm³/mol. The Bertz CT molecular complexity index is 340. The molecule has 0 bridgehead atoms. The Hall–Kier alpha value is -1.09. The van der Waals surface area contributed by atoms with E-state index >= 15 is 0 Å². The average molecular weight is 222 g/mol. The standard InChI is InChI=1S/C12H18N2S/c1-8-5-4-6-9(2)11(8)14-7-10(3)12(13)15/h4-6,10,14H,7H2,1-3H3,(H2,13,15). The molecule has 0 fully saturated rings. The Morgan fingerprint density at radius 2 is 1.93 bits per heavy atom. The highest BCUT2D eigenvalue weighted by Gasteiger charge is 2.06. The van der Waals surface area contributed by atoms with Crippen LogP contribution in [0.15, 0.2) is 18.2 Å². The highest BCUT2D eigenvalue weighted by Crippen LogP contribution is 2.19. The minimum atomic E-state index is 0.221. The van der Waals surface area contributed by atoms with E-state index in [-0.39, 0.29) is 5.92 Å². The van der Waals surface area contributed by atoms with E-state index in [9.17, 15) is 0 Å². The summed E-state index contributed by atoms with van der Waals surface area (Å²) in [5.74, 6) is 0.221. The van der Waals surface area contributed by atoms with E-state index in [0.29, 0.717) is 4.99 Å². The van der Waals surface area contributed by atoms with Gasteiger partial charge in [-0.2, -0.15) is 0 Å². The Balaban J connectivity index is 2.69. The topological polar surface area (TPSA) is 38.0 Å². The van der Waals surface area contributed by atoms with Crippen molar-refractivity contribution in [1.82, 2.24) is 0 Å². The third kappa shape index (κ3) is 3.20. The highest BCUT2D eigenvalue weighted by molar-refractivity contribution is 7.80. The van der Waals surface area contributed by atoms with E-state index in [4.69, 9.17) is 18.0 Å². The second-order valence-corrected chi connectivity index (χ2v) is 4.42. The summed E-state index contributed by atoms with van der Waals surface area (Å²) >= 11 is 4.94. The van der Waals surface area contributed by atoms with Gasteiger partial charge < -0.3 is 11.1 Å². The monoisotopic (exact) mass is 222 g/mol. The number of nitrogens with one attached hydrogen (secondary N) is 1. The van der Waals surface area contributed by atoms with Crippen LogP contribution in [0.1, 0.15) is 18.1 Å². The first-order chi connectivity index (χ1) is 7.02. The molecular formula is C12H18N2S. The molecule has 2 nitrogen and oxygen atoms in total. The Morgan fingerprint density at radius 3 is 2.40 bits per heavy atom. The van der Waals surface area contributed by atoms with Gasteiger partial charge in [-0.15, -0.1) is 0 Å². The van der Waals surface area contributed by atoms with Gasteiger partial charge in [0.15, 0.2) is 0 Å². The molecule has 0 aliphatic heterocycles. The second kappa shape index (κ2) is 5.12. The Morgan fingerprint density at radius 1 is 1.40 bits per heavy atom. The van der Waals surface area contributed by atoms with Crippen LogP contribution in [-0.4, -0.2) is 11.5 Å². The zero-order valence-corrected chi connectivity index (χ0v) is 10.3. The summed E-state index contributed by atoms with van der Waals surface area (Å²) in [6.45, 7) is 7.02. The smallest absolute Gasteiger partial charge is 0.0773 e. The third-order valence-electron chi connectivity index (χ3n) is 2.55. The molecule has 0 heterocycles. The molecule has 1 aromatic carbocycles. The number of rotatable bonds is 4. The van der Waals surface area contributed by atoms with Crippen LogP contribution in [0.25, 0.3) is 0 Å². The van der Waals surface area contributed by atoms with Gasteiger partial charge in [0, 0.05) is 18.2 Å². The highest BCUT2D eigenvalue weighted by atomic mass is 32.1. The number of para-hydroxylation sites is 1. The number of anilines is 1. The zero-order chi connectivity index (χ0) is 11.4. The molecule has 1 rings (SSSR count). The fourth-order valence-electron chi connectivity index (χ4n) is 1.45. The zero-order valence-electron chi connectivity index (χ0n) is 9.50. The number of benzene rings is 1. The summed E-state index contributed by atoms with van der Waals surface area (Å²) in [5.41, 5.74) is 9.27. The summed E-state index contributed by atoms with van der Waals surface area (Å²) in [5, 5.41) is 3.39. The van der Waals surface area contributed by atoms with Crippen LogP contribution >= 0.6 is 12.2 Å². The van der Waals surface area contributed by atoms with Gasteiger partial charge in [0.25, 0.3) is 0 Å². The first-order valence-electron chi connectivity index (χ1n) is 5.11. The SMILES string of the molecule is Cc1cccc(C)c1NCC(C)C(N)=S. The summed E-state index contributed by atoms with van der Waals surface area (Å²) in [6.07, 6.45) is 0. The third-order valence-corrected chi connectivity index (χ3v) is 2.95. The number of hydrogen-bond acceptors (Lipinski definition) is 2. The van der Waals surface area contributed by atoms with Crippen molar-refractivity contribution >= 4 is 22.9 Å². The van der Waals surface area contributed by atoms with Gasteiger partial charge in [-0.1, -0.05) is 37.3 Å². The number of aryl methyl sites for hydroxylation is 2. The molecule has 0 radical (unpaired) electrons. The van der Waals surface area contributed by atoms with Crippen molar-refractivity contribution in [3.63, 3.8) is 0 Å². The van der Waals surface area contributed by atoms with Crippen LogP contribution in [-0.2, 0) is 0 Å². The number of thiocarbonyl (C=S) groups is 1. The normalized spacial score (nSPS) is 12.2. The first kappa shape index (κ1) is 12.0. The molecule has 0 aliphatic rings. The van der Waals surface area contributed by atoms with E-state index in [2.05, 4.69) is 37.4 Å². The summed E-state index contributed by atoms with van der Waals surface area (Å²) < 4.78 is 0. The maximum atomic E-state index is 5.57. The summed E-state index contributed by atoms with van der Waals surface area (Å²) in [4.78, 5) is 0.564. The Labute approximate surface area is 96.9 Å². The van der Waals surface area contributed by atoms with E-state index < -0.39 is 0 Å². The minimum Gasteiger partial charge on any atom is -0.393 e. The molecule has 1 atom stereocenters. The van der Waals surface area contributed by atoms with Crippen LogP contribution in [0, 0.1) is 19.8 Å². The van der Waals surface area contributed by atoms with E-state index in [0.717, 1.165) is 6.54 Å². The molecule has 1 unspecified atom stereocenters. The van der Waals surface area contributed by atoms with Gasteiger partial charge in [-0.05, 0) is 25.0 Å². The first-order valence-corrected chi connectivity index (χ1v) is 5.52. The minimum absolute atomic E-state index is 0.221. The van der Waals surface area contributed by atoms with Gasteiger partial charge in [-0.25, -0.2) is 0 Å². The van der Waals surface area contributed by atoms with Gasteiger partial charge in [0.05, 0.1) is 4.99 Å². The van der Waals surface area contributed by atoms with Crippen molar-refractivity contribution in [2.75, 3.05) is 11.9 Å². The van der Waals surface area contributed by atoms with Crippen LogP contribution in [0.3, 0.4) is 0 Å². The number of nitrogens with two attached hydrogens (primary N) is 1. The molecule has 3 N–H and O–H groups in total. The summed E-state index contributed by atoms with van der Waals surface area (Å²) in [7, 11) is 0. The lowest BCUT2D eigenvalue weighted by Crippen LogP contribution is -2.25. The molecule has 1 aromatic rings. The quantitative estimate of drug-likeness (QED) is 0.769. The molecule has 15 heavy (non-hydrogen) atoms. The van der Waals surface area contributed by atoms with Gasteiger partial charge in [0.1, 0.15) is 0 Å². The van der Waals surface area contributed by atoms with E-state index in [1.54, 1.807) is 0 Å². The van der Waals surface area contributed by atoms with Gasteiger partial charge in [-0.3, -0.25) is 0 Å². The van der Waals surface area contributed by atoms with Crippen molar-refractivity contribution in [3.8, 4) is 0 Å². The molecule has 82 valence electrons. The maximum Gasteiger partial charge on any atom is 0.0773 e. The lowest BCUT2D eigenvalue weighted by molar-refractivity contribution is 0.819. The van der Waals surface area contributed by atoms with Crippen molar-refractivity contribution < 1.29 is 0 Å². The molecule has 0 saturated heterocycles. The molecule has 0 spiro atoms.